The van der Waals surface area contributed by atoms with Crippen molar-refractivity contribution >= 4 is 11.8 Å². The number of nitrogens with one attached hydrogen (secondary N) is 1. The fraction of sp³-hybridized carbons (Fsp3) is 0.417. The molecule has 0 bridgehead atoms. The highest BCUT2D eigenvalue weighted by atomic mass is 16.5. The Labute approximate surface area is 179 Å². The van der Waals surface area contributed by atoms with Crippen LogP contribution in [0.2, 0.25) is 0 Å². The van der Waals surface area contributed by atoms with Crippen molar-refractivity contribution in [2.75, 3.05) is 20.3 Å². The predicted molar refractivity (Wildman–Crippen MR) is 118 cm³/mol. The lowest BCUT2D eigenvalue weighted by Crippen LogP contribution is -2.50. The van der Waals surface area contributed by atoms with Crippen molar-refractivity contribution in [1.29, 1.82) is 0 Å². The summed E-state index contributed by atoms with van der Waals surface area (Å²) in [4.78, 5) is 27.4. The molecule has 0 saturated carbocycles. The molecule has 6 heteroatoms. The van der Waals surface area contributed by atoms with Crippen molar-refractivity contribution in [3.8, 4) is 11.5 Å². The Morgan fingerprint density at radius 2 is 1.73 bits per heavy atom. The maximum absolute atomic E-state index is 13.1. The van der Waals surface area contributed by atoms with E-state index in [9.17, 15) is 9.59 Å². The molecule has 6 nitrogen and oxygen atoms in total. The number of rotatable bonds is 10. The summed E-state index contributed by atoms with van der Waals surface area (Å²) in [5, 5.41) is 2.83. The van der Waals surface area contributed by atoms with Crippen LogP contribution in [0.4, 0.5) is 0 Å². The topological polar surface area (TPSA) is 67.9 Å². The lowest BCUT2D eigenvalue weighted by molar-refractivity contribution is -0.142. The Bertz CT molecular complexity index is 846. The van der Waals surface area contributed by atoms with Gasteiger partial charge in [0.1, 0.15) is 17.5 Å². The number of benzene rings is 2. The molecule has 0 aromatic heterocycles. The van der Waals surface area contributed by atoms with E-state index in [1.807, 2.05) is 70.2 Å². The smallest absolute Gasteiger partial charge is 0.261 e. The van der Waals surface area contributed by atoms with Crippen LogP contribution in [-0.4, -0.2) is 43.0 Å². The van der Waals surface area contributed by atoms with Crippen LogP contribution in [0.25, 0.3) is 0 Å². The summed E-state index contributed by atoms with van der Waals surface area (Å²) in [6.45, 7) is 8.40. The SMILES string of the molecule is CCNC(=O)C(CC)N(Cc1cccc(OC)c1)C(=O)COc1cc(C)cc(C)c1. The van der Waals surface area contributed by atoms with Gasteiger partial charge in [0, 0.05) is 13.1 Å². The van der Waals surface area contributed by atoms with Crippen molar-refractivity contribution in [2.45, 2.75) is 46.7 Å². The van der Waals surface area contributed by atoms with Gasteiger partial charge < -0.3 is 19.7 Å². The molecule has 2 aromatic carbocycles. The van der Waals surface area contributed by atoms with Crippen LogP contribution in [0, 0.1) is 13.8 Å². The number of nitrogens with zero attached hydrogens (tertiary/aromatic N) is 1. The Kier molecular flexibility index (Phi) is 8.71. The first kappa shape index (κ1) is 23.3. The second kappa shape index (κ2) is 11.2. The van der Waals surface area contributed by atoms with E-state index in [-0.39, 0.29) is 18.4 Å². The summed E-state index contributed by atoms with van der Waals surface area (Å²) < 4.78 is 11.1. The van der Waals surface area contributed by atoms with Crippen molar-refractivity contribution in [3.05, 3.63) is 59.2 Å². The lowest BCUT2D eigenvalue weighted by Gasteiger charge is -2.30. The fourth-order valence-electron chi connectivity index (χ4n) is 3.42. The molecule has 0 spiro atoms. The third-order valence-corrected chi connectivity index (χ3v) is 4.78. The molecule has 2 aromatic rings. The van der Waals surface area contributed by atoms with Crippen molar-refractivity contribution < 1.29 is 19.1 Å². The molecule has 0 aliphatic rings. The third-order valence-electron chi connectivity index (χ3n) is 4.78. The minimum atomic E-state index is -0.577. The van der Waals surface area contributed by atoms with Crippen molar-refractivity contribution in [1.82, 2.24) is 10.2 Å². The average molecular weight is 413 g/mol. The van der Waals surface area contributed by atoms with E-state index in [1.54, 1.807) is 12.0 Å². The summed E-state index contributed by atoms with van der Waals surface area (Å²) in [6, 6.07) is 12.8. The van der Waals surface area contributed by atoms with Gasteiger partial charge in [0.2, 0.25) is 5.91 Å². The summed E-state index contributed by atoms with van der Waals surface area (Å²) in [6.07, 6.45) is 0.505. The van der Waals surface area contributed by atoms with Gasteiger partial charge in [-0.1, -0.05) is 25.1 Å². The molecule has 2 amide bonds. The molecule has 162 valence electrons. The van der Waals surface area contributed by atoms with Crippen LogP contribution in [0.15, 0.2) is 42.5 Å². The highest BCUT2D eigenvalue weighted by Crippen LogP contribution is 2.19. The Morgan fingerprint density at radius 1 is 1.03 bits per heavy atom. The second-order valence-corrected chi connectivity index (χ2v) is 7.30. The van der Waals surface area contributed by atoms with Crippen molar-refractivity contribution in [2.24, 2.45) is 0 Å². The van der Waals surface area contributed by atoms with E-state index in [1.165, 1.54) is 0 Å². The van der Waals surface area contributed by atoms with E-state index in [4.69, 9.17) is 9.47 Å². The number of amides is 2. The second-order valence-electron chi connectivity index (χ2n) is 7.30. The Hall–Kier alpha value is -3.02. The quantitative estimate of drug-likeness (QED) is 0.647. The van der Waals surface area contributed by atoms with Gasteiger partial charge >= 0.3 is 0 Å². The van der Waals surface area contributed by atoms with Crippen LogP contribution in [-0.2, 0) is 16.1 Å². The number of carbonyl (C=O) groups is 2. The zero-order chi connectivity index (χ0) is 22.1. The minimum absolute atomic E-state index is 0.136. The van der Waals surface area contributed by atoms with Gasteiger partial charge in [-0.15, -0.1) is 0 Å². The first-order valence-electron chi connectivity index (χ1n) is 10.3. The van der Waals surface area contributed by atoms with E-state index >= 15 is 0 Å². The molecule has 0 aliphatic heterocycles. The normalized spacial score (nSPS) is 11.5. The molecule has 1 atom stereocenters. The van der Waals surface area contributed by atoms with Gasteiger partial charge in [-0.2, -0.15) is 0 Å². The molecule has 0 saturated heterocycles. The zero-order valence-corrected chi connectivity index (χ0v) is 18.5. The number of carbonyl (C=O) groups excluding carboxylic acids is 2. The molecular weight excluding hydrogens is 380 g/mol. The number of aryl methyl sites for hydroxylation is 2. The van der Waals surface area contributed by atoms with Crippen LogP contribution in [0.3, 0.4) is 0 Å². The summed E-state index contributed by atoms with van der Waals surface area (Å²) in [7, 11) is 1.60. The predicted octanol–water partition coefficient (Wildman–Crippen LogP) is 3.63. The first-order chi connectivity index (χ1) is 14.4. The van der Waals surface area contributed by atoms with Crippen LogP contribution >= 0.6 is 0 Å². The maximum Gasteiger partial charge on any atom is 0.261 e. The molecule has 1 N–H and O–H groups in total. The maximum atomic E-state index is 13.1. The average Bonchev–Trinajstić information content (AvgIpc) is 2.71. The molecule has 1 unspecified atom stereocenters. The standard InChI is InChI=1S/C24H32N2O4/c1-6-22(24(28)25-7-2)26(15-19-9-8-10-20(14-19)29-5)23(27)16-30-21-12-17(3)11-18(4)13-21/h8-14,22H,6-7,15-16H2,1-5H3,(H,25,28). The van der Waals surface area contributed by atoms with E-state index in [2.05, 4.69) is 5.32 Å². The van der Waals surface area contributed by atoms with Gasteiger partial charge in [-0.3, -0.25) is 9.59 Å². The molecule has 2 rings (SSSR count). The number of hydrogen-bond acceptors (Lipinski definition) is 4. The number of likely N-dealkylation sites (N-methyl/N-ethyl adjacent to an activating group) is 1. The zero-order valence-electron chi connectivity index (χ0n) is 18.5. The molecule has 30 heavy (non-hydrogen) atoms. The summed E-state index contributed by atoms with van der Waals surface area (Å²) in [5.74, 6) is 0.948. The van der Waals surface area contributed by atoms with E-state index < -0.39 is 6.04 Å². The number of ether oxygens (including phenoxy) is 2. The fourth-order valence-corrected chi connectivity index (χ4v) is 3.42. The van der Waals surface area contributed by atoms with Gasteiger partial charge in [0.15, 0.2) is 6.61 Å². The number of methoxy groups -OCH3 is 1. The monoisotopic (exact) mass is 412 g/mol. The van der Waals surface area contributed by atoms with Crippen molar-refractivity contribution in [3.63, 3.8) is 0 Å². The molecule has 0 heterocycles. The first-order valence-corrected chi connectivity index (χ1v) is 10.3. The molecule has 0 fully saturated rings. The van der Waals surface area contributed by atoms with E-state index in [0.29, 0.717) is 31.0 Å². The van der Waals surface area contributed by atoms with Gasteiger partial charge in [0.05, 0.1) is 7.11 Å². The van der Waals surface area contributed by atoms with Gasteiger partial charge in [-0.25, -0.2) is 0 Å². The highest BCUT2D eigenvalue weighted by Gasteiger charge is 2.28. The highest BCUT2D eigenvalue weighted by molar-refractivity contribution is 5.88. The lowest BCUT2D eigenvalue weighted by atomic mass is 10.1. The van der Waals surface area contributed by atoms with Gasteiger partial charge in [0.25, 0.3) is 5.91 Å². The molecule has 0 aliphatic carbocycles. The summed E-state index contributed by atoms with van der Waals surface area (Å²) in [5.41, 5.74) is 3.02. The largest absolute Gasteiger partial charge is 0.497 e. The minimum Gasteiger partial charge on any atom is -0.497 e. The Morgan fingerprint density at radius 3 is 2.33 bits per heavy atom. The van der Waals surface area contributed by atoms with Crippen LogP contribution in [0.1, 0.15) is 37.0 Å². The molecule has 0 radical (unpaired) electrons. The summed E-state index contributed by atoms with van der Waals surface area (Å²) >= 11 is 0. The Balaban J connectivity index is 2.23. The van der Waals surface area contributed by atoms with Gasteiger partial charge in [-0.05, 0) is 68.1 Å². The van der Waals surface area contributed by atoms with Crippen LogP contribution < -0.4 is 14.8 Å². The van der Waals surface area contributed by atoms with E-state index in [0.717, 1.165) is 16.7 Å². The van der Waals surface area contributed by atoms with Crippen LogP contribution in [0.5, 0.6) is 11.5 Å². The molecular formula is C24H32N2O4. The number of hydrogen-bond donors (Lipinski definition) is 1. The third kappa shape index (κ3) is 6.51.